The van der Waals surface area contributed by atoms with Crippen LogP contribution in [0.1, 0.15) is 42.0 Å². The zero-order valence-corrected chi connectivity index (χ0v) is 14.1. The summed E-state index contributed by atoms with van der Waals surface area (Å²) in [5, 5.41) is 9.92. The third-order valence-corrected chi connectivity index (χ3v) is 5.97. The fourth-order valence-electron chi connectivity index (χ4n) is 4.78. The van der Waals surface area contributed by atoms with Crippen molar-refractivity contribution in [1.82, 2.24) is 4.90 Å². The molecule has 2 aliphatic carbocycles. The van der Waals surface area contributed by atoms with Crippen LogP contribution in [0.25, 0.3) is 0 Å². The van der Waals surface area contributed by atoms with Crippen molar-refractivity contribution in [2.75, 3.05) is 27.8 Å². The molecule has 0 saturated carbocycles. The summed E-state index contributed by atoms with van der Waals surface area (Å²) in [6.07, 6.45) is 7.77. The fourth-order valence-corrected chi connectivity index (χ4v) is 4.78. The molecule has 1 spiro atoms. The van der Waals surface area contributed by atoms with Crippen LogP contribution < -0.4 is 9.47 Å². The Morgan fingerprint density at radius 1 is 1.30 bits per heavy atom. The van der Waals surface area contributed by atoms with Gasteiger partial charge in [-0.2, -0.15) is 0 Å². The number of methoxy groups -OCH3 is 2. The van der Waals surface area contributed by atoms with Gasteiger partial charge in [-0.3, -0.25) is 4.90 Å². The Morgan fingerprint density at radius 3 is 2.78 bits per heavy atom. The van der Waals surface area contributed by atoms with Gasteiger partial charge < -0.3 is 14.6 Å². The molecule has 23 heavy (non-hydrogen) atoms. The van der Waals surface area contributed by atoms with Crippen molar-refractivity contribution in [3.63, 3.8) is 0 Å². The highest BCUT2D eigenvalue weighted by atomic mass is 16.5. The average molecular weight is 315 g/mol. The van der Waals surface area contributed by atoms with E-state index in [2.05, 4.69) is 24.1 Å². The van der Waals surface area contributed by atoms with Crippen molar-refractivity contribution in [1.29, 1.82) is 0 Å². The van der Waals surface area contributed by atoms with Gasteiger partial charge in [-0.25, -0.2) is 0 Å². The van der Waals surface area contributed by atoms with Crippen LogP contribution >= 0.6 is 0 Å². The van der Waals surface area contributed by atoms with Crippen LogP contribution in [0.2, 0.25) is 0 Å². The molecule has 124 valence electrons. The van der Waals surface area contributed by atoms with Gasteiger partial charge in [0, 0.05) is 23.6 Å². The number of likely N-dealkylation sites (N-methyl/N-ethyl adjacent to an activating group) is 1. The SMILES string of the molecule is COc1cc2c3c(c1OC)[C@]1(C=C[C@H](O)CC1)C[C@@H]3N(C)CC2. The second kappa shape index (κ2) is 5.25. The van der Waals surface area contributed by atoms with Crippen LogP contribution in [0.4, 0.5) is 0 Å². The van der Waals surface area contributed by atoms with E-state index in [0.717, 1.165) is 43.7 Å². The van der Waals surface area contributed by atoms with Gasteiger partial charge in [0.25, 0.3) is 0 Å². The van der Waals surface area contributed by atoms with Crippen molar-refractivity contribution < 1.29 is 14.6 Å². The molecule has 4 heteroatoms. The molecule has 4 rings (SSSR count). The van der Waals surface area contributed by atoms with Crippen LogP contribution in [-0.2, 0) is 11.8 Å². The largest absolute Gasteiger partial charge is 0.493 e. The van der Waals surface area contributed by atoms with Gasteiger partial charge in [0.2, 0.25) is 0 Å². The molecule has 4 nitrogen and oxygen atoms in total. The first-order valence-corrected chi connectivity index (χ1v) is 8.45. The average Bonchev–Trinajstić information content (AvgIpc) is 2.90. The standard InChI is InChI=1S/C19H25NO3/c1-20-9-6-12-10-15(22-2)18(23-3)17-16(12)14(20)11-19(17)7-4-13(21)5-8-19/h4,7,10,13-14,21H,5-6,8-9,11H2,1-3H3/t13-,14-,19-/m0/s1. The van der Waals surface area contributed by atoms with E-state index >= 15 is 0 Å². The van der Waals surface area contributed by atoms with Gasteiger partial charge in [0.1, 0.15) is 0 Å². The molecular weight excluding hydrogens is 290 g/mol. The topological polar surface area (TPSA) is 41.9 Å². The maximum absolute atomic E-state index is 9.92. The molecule has 3 aliphatic rings. The van der Waals surface area contributed by atoms with Gasteiger partial charge >= 0.3 is 0 Å². The van der Waals surface area contributed by atoms with Gasteiger partial charge in [0.05, 0.1) is 20.3 Å². The van der Waals surface area contributed by atoms with Crippen LogP contribution in [0, 0.1) is 0 Å². The van der Waals surface area contributed by atoms with Crippen LogP contribution in [-0.4, -0.2) is 43.9 Å². The number of aliphatic hydroxyl groups excluding tert-OH is 1. The van der Waals surface area contributed by atoms with Crippen molar-refractivity contribution in [3.05, 3.63) is 34.9 Å². The lowest BCUT2D eigenvalue weighted by Crippen LogP contribution is -2.32. The summed E-state index contributed by atoms with van der Waals surface area (Å²) < 4.78 is 11.4. The minimum atomic E-state index is -0.318. The molecule has 0 fully saturated rings. The number of hydrogen-bond donors (Lipinski definition) is 1. The van der Waals surface area contributed by atoms with Gasteiger partial charge in [-0.1, -0.05) is 12.2 Å². The molecular formula is C19H25NO3. The number of aliphatic hydroxyl groups is 1. The summed E-state index contributed by atoms with van der Waals surface area (Å²) >= 11 is 0. The number of rotatable bonds is 2. The van der Waals surface area contributed by atoms with E-state index in [1.807, 2.05) is 6.08 Å². The molecule has 1 heterocycles. The molecule has 1 aromatic rings. The zero-order valence-electron chi connectivity index (χ0n) is 14.1. The quantitative estimate of drug-likeness (QED) is 0.852. The van der Waals surface area contributed by atoms with E-state index in [0.29, 0.717) is 6.04 Å². The minimum Gasteiger partial charge on any atom is -0.493 e. The molecule has 0 saturated heterocycles. The van der Waals surface area contributed by atoms with E-state index in [-0.39, 0.29) is 11.5 Å². The van der Waals surface area contributed by atoms with E-state index in [4.69, 9.17) is 9.47 Å². The number of ether oxygens (including phenoxy) is 2. The number of fused-ring (bicyclic) bond motifs is 1. The van der Waals surface area contributed by atoms with Crippen molar-refractivity contribution in [2.24, 2.45) is 0 Å². The highest BCUT2D eigenvalue weighted by Gasteiger charge is 2.49. The first-order valence-electron chi connectivity index (χ1n) is 8.45. The summed E-state index contributed by atoms with van der Waals surface area (Å²) in [7, 11) is 5.66. The Hall–Kier alpha value is -1.52. The van der Waals surface area contributed by atoms with Crippen LogP contribution in [0.5, 0.6) is 11.5 Å². The summed E-state index contributed by atoms with van der Waals surface area (Å²) in [6, 6.07) is 2.60. The predicted octanol–water partition coefficient (Wildman–Crippen LogP) is 2.59. The first-order chi connectivity index (χ1) is 11.1. The van der Waals surface area contributed by atoms with E-state index in [9.17, 15) is 5.11 Å². The van der Waals surface area contributed by atoms with Crippen LogP contribution in [0.15, 0.2) is 18.2 Å². The van der Waals surface area contributed by atoms with Gasteiger partial charge in [-0.15, -0.1) is 0 Å². The number of nitrogens with zero attached hydrogens (tertiary/aromatic N) is 1. The maximum Gasteiger partial charge on any atom is 0.165 e. The number of allylic oxidation sites excluding steroid dienone is 1. The summed E-state index contributed by atoms with van der Waals surface area (Å²) in [5.74, 6) is 1.72. The predicted molar refractivity (Wildman–Crippen MR) is 89.3 cm³/mol. The molecule has 1 aromatic carbocycles. The highest BCUT2D eigenvalue weighted by molar-refractivity contribution is 5.63. The normalized spacial score (nSPS) is 32.2. The third kappa shape index (κ3) is 2.05. The molecule has 0 amide bonds. The highest BCUT2D eigenvalue weighted by Crippen LogP contribution is 2.59. The Bertz CT molecular complexity index is 669. The van der Waals surface area contributed by atoms with Crippen molar-refractivity contribution in [3.8, 4) is 11.5 Å². The maximum atomic E-state index is 9.92. The van der Waals surface area contributed by atoms with Crippen LogP contribution in [0.3, 0.4) is 0 Å². The fraction of sp³-hybridized carbons (Fsp3) is 0.579. The molecule has 0 bridgehead atoms. The Balaban J connectivity index is 1.98. The van der Waals surface area contributed by atoms with E-state index in [1.54, 1.807) is 14.2 Å². The second-order valence-corrected chi connectivity index (χ2v) is 7.13. The lowest BCUT2D eigenvalue weighted by atomic mass is 9.73. The lowest BCUT2D eigenvalue weighted by molar-refractivity contribution is 0.172. The molecule has 1 aliphatic heterocycles. The lowest BCUT2D eigenvalue weighted by Gasteiger charge is -2.33. The van der Waals surface area contributed by atoms with Gasteiger partial charge in [-0.05, 0) is 49.9 Å². The molecule has 0 unspecified atom stereocenters. The summed E-state index contributed by atoms with van der Waals surface area (Å²) in [4.78, 5) is 2.46. The van der Waals surface area contributed by atoms with Crippen molar-refractivity contribution >= 4 is 0 Å². The molecule has 1 N–H and O–H groups in total. The third-order valence-electron chi connectivity index (χ3n) is 5.97. The number of hydrogen-bond acceptors (Lipinski definition) is 4. The van der Waals surface area contributed by atoms with Crippen molar-refractivity contribution in [2.45, 2.75) is 43.2 Å². The van der Waals surface area contributed by atoms with Gasteiger partial charge in [0.15, 0.2) is 11.5 Å². The second-order valence-electron chi connectivity index (χ2n) is 7.13. The monoisotopic (exact) mass is 315 g/mol. The minimum absolute atomic E-state index is 0.0353. The summed E-state index contributed by atoms with van der Waals surface area (Å²) in [6.45, 7) is 1.08. The molecule has 3 atom stereocenters. The smallest absolute Gasteiger partial charge is 0.165 e. The molecule has 0 aromatic heterocycles. The Kier molecular flexibility index (Phi) is 3.43. The Labute approximate surface area is 137 Å². The summed E-state index contributed by atoms with van der Waals surface area (Å²) in [5.41, 5.74) is 4.11. The zero-order chi connectivity index (χ0) is 16.2. The Morgan fingerprint density at radius 2 is 2.13 bits per heavy atom. The van der Waals surface area contributed by atoms with E-state index < -0.39 is 0 Å². The van der Waals surface area contributed by atoms with E-state index in [1.165, 1.54) is 16.7 Å². The number of benzene rings is 1. The molecule has 0 radical (unpaired) electrons. The first kappa shape index (κ1) is 15.0.